The number of hydrogen-bond acceptors (Lipinski definition) is 4. The van der Waals surface area contributed by atoms with Gasteiger partial charge in [-0.3, -0.25) is 0 Å². The molecule has 0 amide bonds. The Balaban J connectivity index is 1.87. The fourth-order valence-corrected chi connectivity index (χ4v) is 3.67. The van der Waals surface area contributed by atoms with Gasteiger partial charge in [-0.2, -0.15) is 0 Å². The Labute approximate surface area is 159 Å². The predicted molar refractivity (Wildman–Crippen MR) is 97.1 cm³/mol. The van der Waals surface area contributed by atoms with E-state index in [0.29, 0.717) is 5.52 Å². The van der Waals surface area contributed by atoms with Gasteiger partial charge in [0.05, 0.1) is 24.7 Å². The molecule has 0 radical (unpaired) electrons. The number of ether oxygens (including phenoxy) is 1. The number of benzene rings is 1. The molecule has 5 nitrogen and oxygen atoms in total. The molecule has 0 unspecified atom stereocenters. The molecule has 0 aliphatic carbocycles. The van der Waals surface area contributed by atoms with Crippen LogP contribution >= 0.6 is 0 Å². The van der Waals surface area contributed by atoms with Crippen LogP contribution in [-0.2, 0) is 4.74 Å². The van der Waals surface area contributed by atoms with Crippen LogP contribution in [0.3, 0.4) is 0 Å². The van der Waals surface area contributed by atoms with Crippen LogP contribution in [0.2, 0.25) is 0 Å². The highest BCUT2D eigenvalue weighted by Crippen LogP contribution is 2.40. The lowest BCUT2D eigenvalue weighted by Gasteiger charge is -2.25. The Hall–Kier alpha value is -3.03. The van der Waals surface area contributed by atoms with Gasteiger partial charge in [0.15, 0.2) is 5.82 Å². The van der Waals surface area contributed by atoms with Crippen LogP contribution in [0.4, 0.5) is 19.0 Å². The van der Waals surface area contributed by atoms with Gasteiger partial charge in [-0.05, 0) is 37.3 Å². The summed E-state index contributed by atoms with van der Waals surface area (Å²) in [6, 6.07) is 7.49. The van der Waals surface area contributed by atoms with Crippen LogP contribution in [-0.4, -0.2) is 34.9 Å². The van der Waals surface area contributed by atoms with Gasteiger partial charge >= 0.3 is 5.97 Å². The number of hydrogen-bond donors (Lipinski definition) is 0. The maximum atomic E-state index is 14.4. The lowest BCUT2D eigenvalue weighted by molar-refractivity contribution is 0.0529. The Morgan fingerprint density at radius 3 is 2.89 bits per heavy atom. The third kappa shape index (κ3) is 3.08. The molecular weight excluding hydrogens is 371 g/mol. The third-order valence-corrected chi connectivity index (χ3v) is 4.84. The maximum absolute atomic E-state index is 14.4. The number of halogens is 3. The van der Waals surface area contributed by atoms with E-state index in [2.05, 4.69) is 5.10 Å². The molecule has 1 aliphatic heterocycles. The van der Waals surface area contributed by atoms with Gasteiger partial charge in [0.1, 0.15) is 23.4 Å². The van der Waals surface area contributed by atoms with Crippen LogP contribution in [0.15, 0.2) is 42.6 Å². The molecular formula is C20H18F3N3O2. The SMILES string of the molecule is CCOC(=O)c1c(N2C[C@H](F)C[C@@H]2c2cc(F)ccc2F)nn2ccccc12. The number of carbonyl (C=O) groups excluding carboxylic acids is 1. The first-order chi connectivity index (χ1) is 13.5. The number of aromatic nitrogens is 2. The molecule has 2 atom stereocenters. The molecule has 28 heavy (non-hydrogen) atoms. The summed E-state index contributed by atoms with van der Waals surface area (Å²) in [5, 5.41) is 4.42. The minimum Gasteiger partial charge on any atom is -0.462 e. The minimum absolute atomic E-state index is 0.0312. The third-order valence-electron chi connectivity index (χ3n) is 4.84. The summed E-state index contributed by atoms with van der Waals surface area (Å²) in [5.74, 6) is -1.65. The van der Waals surface area contributed by atoms with Crippen molar-refractivity contribution in [1.29, 1.82) is 0 Å². The number of rotatable bonds is 4. The fraction of sp³-hybridized carbons (Fsp3) is 0.300. The monoisotopic (exact) mass is 389 g/mol. The molecule has 3 aromatic rings. The molecule has 0 bridgehead atoms. The van der Waals surface area contributed by atoms with E-state index in [-0.39, 0.29) is 36.5 Å². The Kier molecular flexibility index (Phi) is 4.70. The molecule has 1 aliphatic rings. The standard InChI is InChI=1S/C20H18F3N3O2/c1-2-28-20(27)18-16-5-3-4-8-26(16)24-19(18)25-11-13(22)10-17(25)14-9-12(21)6-7-15(14)23/h3-9,13,17H,2,10-11H2,1H3/t13-,17-/m1/s1. The number of pyridine rings is 1. The van der Waals surface area contributed by atoms with Gasteiger partial charge in [0.25, 0.3) is 0 Å². The van der Waals surface area contributed by atoms with Gasteiger partial charge in [0, 0.05) is 18.2 Å². The summed E-state index contributed by atoms with van der Waals surface area (Å²) in [4.78, 5) is 14.1. The van der Waals surface area contributed by atoms with Gasteiger partial charge in [-0.25, -0.2) is 22.5 Å². The number of alkyl halides is 1. The highest BCUT2D eigenvalue weighted by Gasteiger charge is 2.39. The molecule has 1 saturated heterocycles. The van der Waals surface area contributed by atoms with E-state index < -0.39 is 29.8 Å². The second kappa shape index (κ2) is 7.18. The summed E-state index contributed by atoms with van der Waals surface area (Å²) in [6.07, 6.45) is 0.353. The maximum Gasteiger partial charge on any atom is 0.344 e. The summed E-state index contributed by atoms with van der Waals surface area (Å²) < 4.78 is 49.1. The average Bonchev–Trinajstić information content (AvgIpc) is 3.24. The normalized spacial score (nSPS) is 19.4. The zero-order valence-corrected chi connectivity index (χ0v) is 15.1. The van der Waals surface area contributed by atoms with Gasteiger partial charge in [-0.1, -0.05) is 6.07 Å². The molecule has 4 rings (SSSR count). The predicted octanol–water partition coefficient (Wildman–Crippen LogP) is 4.08. The molecule has 2 aromatic heterocycles. The zero-order valence-electron chi connectivity index (χ0n) is 15.1. The second-order valence-corrected chi connectivity index (χ2v) is 6.62. The second-order valence-electron chi connectivity index (χ2n) is 6.62. The lowest BCUT2D eigenvalue weighted by atomic mass is 10.0. The van der Waals surface area contributed by atoms with Gasteiger partial charge in [-0.15, -0.1) is 5.10 Å². The Morgan fingerprint density at radius 1 is 1.29 bits per heavy atom. The molecule has 0 spiro atoms. The first-order valence-electron chi connectivity index (χ1n) is 8.99. The highest BCUT2D eigenvalue weighted by molar-refractivity contribution is 6.02. The van der Waals surface area contributed by atoms with Crippen molar-refractivity contribution in [2.45, 2.75) is 25.6 Å². The van der Waals surface area contributed by atoms with Crippen molar-refractivity contribution >= 4 is 17.3 Å². The number of nitrogens with zero attached hydrogens (tertiary/aromatic N) is 3. The van der Waals surface area contributed by atoms with Crippen molar-refractivity contribution in [2.75, 3.05) is 18.1 Å². The van der Waals surface area contributed by atoms with Crippen LogP contribution in [0.25, 0.3) is 5.52 Å². The van der Waals surface area contributed by atoms with Crippen LogP contribution < -0.4 is 4.90 Å². The van der Waals surface area contributed by atoms with E-state index in [1.165, 1.54) is 9.42 Å². The van der Waals surface area contributed by atoms with Gasteiger partial charge in [0.2, 0.25) is 0 Å². The number of fused-ring (bicyclic) bond motifs is 1. The number of anilines is 1. The van der Waals surface area contributed by atoms with E-state index in [1.807, 2.05) is 0 Å². The quantitative estimate of drug-likeness (QED) is 0.631. The zero-order chi connectivity index (χ0) is 19.8. The van der Waals surface area contributed by atoms with Crippen molar-refractivity contribution in [3.05, 3.63) is 65.4 Å². The summed E-state index contributed by atoms with van der Waals surface area (Å²) in [6.45, 7) is 1.76. The van der Waals surface area contributed by atoms with E-state index in [1.54, 1.807) is 31.3 Å². The fourth-order valence-electron chi connectivity index (χ4n) is 3.67. The topological polar surface area (TPSA) is 46.8 Å². The Morgan fingerprint density at radius 2 is 2.11 bits per heavy atom. The van der Waals surface area contributed by atoms with Crippen molar-refractivity contribution in [1.82, 2.24) is 9.61 Å². The van der Waals surface area contributed by atoms with Crippen molar-refractivity contribution < 1.29 is 22.7 Å². The molecule has 0 saturated carbocycles. The molecule has 8 heteroatoms. The van der Waals surface area contributed by atoms with E-state index in [9.17, 15) is 18.0 Å². The molecule has 1 aromatic carbocycles. The molecule has 146 valence electrons. The first kappa shape index (κ1) is 18.3. The molecule has 0 N–H and O–H groups in total. The largest absolute Gasteiger partial charge is 0.462 e. The van der Waals surface area contributed by atoms with Gasteiger partial charge < -0.3 is 9.64 Å². The smallest absolute Gasteiger partial charge is 0.344 e. The highest BCUT2D eigenvalue weighted by atomic mass is 19.1. The van der Waals surface area contributed by atoms with E-state index in [4.69, 9.17) is 4.74 Å². The van der Waals surface area contributed by atoms with Crippen LogP contribution in [0.5, 0.6) is 0 Å². The van der Waals surface area contributed by atoms with Crippen molar-refractivity contribution in [3.8, 4) is 0 Å². The van der Waals surface area contributed by atoms with E-state index in [0.717, 1.165) is 18.2 Å². The number of esters is 1. The summed E-state index contributed by atoms with van der Waals surface area (Å²) >= 11 is 0. The average molecular weight is 389 g/mol. The van der Waals surface area contributed by atoms with Crippen LogP contribution in [0.1, 0.15) is 35.3 Å². The summed E-state index contributed by atoms with van der Waals surface area (Å²) in [7, 11) is 0. The van der Waals surface area contributed by atoms with E-state index >= 15 is 0 Å². The minimum atomic E-state index is -1.27. The van der Waals surface area contributed by atoms with Crippen molar-refractivity contribution in [2.24, 2.45) is 0 Å². The van der Waals surface area contributed by atoms with Crippen LogP contribution in [0, 0.1) is 11.6 Å². The first-order valence-corrected chi connectivity index (χ1v) is 8.99. The molecule has 1 fully saturated rings. The summed E-state index contributed by atoms with van der Waals surface area (Å²) in [5.41, 5.74) is 0.710. The number of carbonyl (C=O) groups is 1. The lowest BCUT2D eigenvalue weighted by Crippen LogP contribution is -2.26. The van der Waals surface area contributed by atoms with Crippen molar-refractivity contribution in [3.63, 3.8) is 0 Å². The molecule has 3 heterocycles. The Bertz CT molecular complexity index is 1040.